The van der Waals surface area contributed by atoms with E-state index in [1.54, 1.807) is 23.9 Å². The summed E-state index contributed by atoms with van der Waals surface area (Å²) in [7, 11) is 0. The van der Waals surface area contributed by atoms with Crippen molar-refractivity contribution >= 4 is 23.1 Å². The number of benzene rings is 1. The van der Waals surface area contributed by atoms with Crippen LogP contribution in [0.15, 0.2) is 18.2 Å². The molecule has 0 unspecified atom stereocenters. The van der Waals surface area contributed by atoms with Crippen molar-refractivity contribution in [3.05, 3.63) is 33.9 Å². The minimum atomic E-state index is -0.383. The first-order chi connectivity index (χ1) is 8.69. The molecule has 0 fully saturated rings. The molecule has 5 nitrogen and oxygen atoms in total. The number of nitrogens with zero attached hydrogens (tertiary/aromatic N) is 1. The molecule has 1 aromatic rings. The molecule has 0 amide bonds. The van der Waals surface area contributed by atoms with Crippen molar-refractivity contribution in [3.63, 3.8) is 0 Å². The van der Waals surface area contributed by atoms with Crippen LogP contribution in [0.2, 0.25) is 0 Å². The van der Waals surface area contributed by atoms with Gasteiger partial charge in [0, 0.05) is 17.9 Å². The number of unbranched alkanes of at least 4 members (excludes halogenated alkanes) is 2. The molecule has 0 bridgehead atoms. The molecule has 1 aromatic carbocycles. The minimum absolute atomic E-state index is 0.109. The first-order valence-corrected chi connectivity index (χ1v) is 7.16. The third kappa shape index (κ3) is 4.54. The molecule has 0 saturated heterocycles. The summed E-state index contributed by atoms with van der Waals surface area (Å²) in [5.41, 5.74) is 4.32. The van der Waals surface area contributed by atoms with E-state index in [0.717, 1.165) is 22.8 Å². The van der Waals surface area contributed by atoms with Gasteiger partial charge in [-0.25, -0.2) is 0 Å². The van der Waals surface area contributed by atoms with Gasteiger partial charge in [0.05, 0.1) is 10.6 Å². The fourth-order valence-corrected chi connectivity index (χ4v) is 2.60. The van der Waals surface area contributed by atoms with Crippen LogP contribution in [-0.4, -0.2) is 10.7 Å². The highest BCUT2D eigenvalue weighted by Gasteiger charge is 2.10. The molecule has 0 aliphatic rings. The number of nitrogens with two attached hydrogens (primary N) is 1. The van der Waals surface area contributed by atoms with Gasteiger partial charge in [0.25, 0.3) is 5.69 Å². The molecule has 0 aliphatic heterocycles. The molecular formula is C12H19N3O2S. The third-order valence-corrected chi connectivity index (χ3v) is 3.70. The van der Waals surface area contributed by atoms with Crippen LogP contribution in [-0.2, 0) is 5.75 Å². The topological polar surface area (TPSA) is 81.2 Å². The van der Waals surface area contributed by atoms with Crippen LogP contribution in [0.25, 0.3) is 0 Å². The Morgan fingerprint density at radius 2 is 2.22 bits per heavy atom. The van der Waals surface area contributed by atoms with E-state index >= 15 is 0 Å². The van der Waals surface area contributed by atoms with Crippen LogP contribution in [0.5, 0.6) is 0 Å². The molecule has 3 N–H and O–H groups in total. The summed E-state index contributed by atoms with van der Waals surface area (Å²) in [5.74, 6) is 7.21. The summed E-state index contributed by atoms with van der Waals surface area (Å²) in [5, 5.41) is 10.7. The fourth-order valence-electron chi connectivity index (χ4n) is 1.59. The molecule has 0 heterocycles. The number of nitrogens with one attached hydrogen (secondary N) is 1. The van der Waals surface area contributed by atoms with Crippen LogP contribution in [0.4, 0.5) is 11.4 Å². The van der Waals surface area contributed by atoms with E-state index < -0.39 is 0 Å². The summed E-state index contributed by atoms with van der Waals surface area (Å²) >= 11 is 1.78. The van der Waals surface area contributed by atoms with Gasteiger partial charge < -0.3 is 5.43 Å². The quantitative estimate of drug-likeness (QED) is 0.327. The Balaban J connectivity index is 2.61. The SMILES string of the molecule is CCCCCSCc1cc([N+](=O)[O-])ccc1NN. The van der Waals surface area contributed by atoms with Gasteiger partial charge in [-0.15, -0.1) is 0 Å². The van der Waals surface area contributed by atoms with E-state index in [-0.39, 0.29) is 10.6 Å². The smallest absolute Gasteiger partial charge is 0.269 e. The number of hydrazine groups is 1. The maximum Gasteiger partial charge on any atom is 0.269 e. The van der Waals surface area contributed by atoms with Crippen molar-refractivity contribution in [2.24, 2.45) is 5.84 Å². The number of anilines is 1. The van der Waals surface area contributed by atoms with E-state index in [2.05, 4.69) is 12.3 Å². The molecule has 6 heteroatoms. The van der Waals surface area contributed by atoms with E-state index in [1.165, 1.54) is 25.3 Å². The Kier molecular flexibility index (Phi) is 6.53. The van der Waals surface area contributed by atoms with Crippen molar-refractivity contribution in [2.45, 2.75) is 31.9 Å². The molecule has 0 aliphatic carbocycles. The van der Waals surface area contributed by atoms with Gasteiger partial charge in [-0.05, 0) is 23.8 Å². The summed E-state index contributed by atoms with van der Waals surface area (Å²) in [6, 6.07) is 4.70. The van der Waals surface area contributed by atoms with Crippen molar-refractivity contribution in [1.29, 1.82) is 0 Å². The molecular weight excluding hydrogens is 250 g/mol. The molecule has 18 heavy (non-hydrogen) atoms. The summed E-state index contributed by atoms with van der Waals surface area (Å²) < 4.78 is 0. The van der Waals surface area contributed by atoms with E-state index in [0.29, 0.717) is 0 Å². The predicted octanol–water partition coefficient (Wildman–Crippen LogP) is 3.30. The van der Waals surface area contributed by atoms with Crippen LogP contribution in [0.3, 0.4) is 0 Å². The Labute approximate surface area is 111 Å². The Bertz CT molecular complexity index is 399. The highest BCUT2D eigenvalue weighted by atomic mass is 32.2. The average Bonchev–Trinajstić information content (AvgIpc) is 2.38. The van der Waals surface area contributed by atoms with Gasteiger partial charge in [-0.3, -0.25) is 16.0 Å². The zero-order valence-electron chi connectivity index (χ0n) is 10.5. The van der Waals surface area contributed by atoms with Crippen molar-refractivity contribution < 1.29 is 4.92 Å². The van der Waals surface area contributed by atoms with E-state index in [1.807, 2.05) is 0 Å². The highest BCUT2D eigenvalue weighted by molar-refractivity contribution is 7.98. The maximum absolute atomic E-state index is 10.7. The lowest BCUT2D eigenvalue weighted by atomic mass is 10.2. The normalized spacial score (nSPS) is 10.3. The van der Waals surface area contributed by atoms with Crippen LogP contribution < -0.4 is 11.3 Å². The van der Waals surface area contributed by atoms with Gasteiger partial charge in [0.2, 0.25) is 0 Å². The summed E-state index contributed by atoms with van der Waals surface area (Å²) in [6.07, 6.45) is 3.61. The Hall–Kier alpha value is -1.27. The van der Waals surface area contributed by atoms with Crippen LogP contribution >= 0.6 is 11.8 Å². The van der Waals surface area contributed by atoms with Crippen LogP contribution in [0, 0.1) is 10.1 Å². The second-order valence-corrected chi connectivity index (χ2v) is 5.11. The van der Waals surface area contributed by atoms with Gasteiger partial charge in [0.1, 0.15) is 0 Å². The monoisotopic (exact) mass is 269 g/mol. The van der Waals surface area contributed by atoms with Gasteiger partial charge in [-0.2, -0.15) is 11.8 Å². The Morgan fingerprint density at radius 1 is 1.44 bits per heavy atom. The van der Waals surface area contributed by atoms with Gasteiger partial charge in [-0.1, -0.05) is 19.8 Å². The molecule has 100 valence electrons. The second-order valence-electron chi connectivity index (χ2n) is 4.00. The minimum Gasteiger partial charge on any atom is -0.324 e. The maximum atomic E-state index is 10.7. The predicted molar refractivity (Wildman–Crippen MR) is 76.6 cm³/mol. The first-order valence-electron chi connectivity index (χ1n) is 6.00. The van der Waals surface area contributed by atoms with Crippen molar-refractivity contribution in [3.8, 4) is 0 Å². The van der Waals surface area contributed by atoms with Crippen molar-refractivity contribution in [1.82, 2.24) is 0 Å². The lowest BCUT2D eigenvalue weighted by Gasteiger charge is -2.08. The molecule has 0 spiro atoms. The fraction of sp³-hybridized carbons (Fsp3) is 0.500. The zero-order chi connectivity index (χ0) is 13.4. The number of rotatable bonds is 8. The number of non-ortho nitro benzene ring substituents is 1. The lowest BCUT2D eigenvalue weighted by molar-refractivity contribution is -0.384. The zero-order valence-corrected chi connectivity index (χ0v) is 11.3. The number of nitro groups is 1. The molecule has 0 atom stereocenters. The average molecular weight is 269 g/mol. The van der Waals surface area contributed by atoms with Crippen molar-refractivity contribution in [2.75, 3.05) is 11.2 Å². The van der Waals surface area contributed by atoms with Crippen LogP contribution in [0.1, 0.15) is 31.7 Å². The molecule has 0 saturated carbocycles. The number of thioether (sulfide) groups is 1. The van der Waals surface area contributed by atoms with Gasteiger partial charge in [0.15, 0.2) is 0 Å². The molecule has 1 rings (SSSR count). The van der Waals surface area contributed by atoms with Gasteiger partial charge >= 0.3 is 0 Å². The summed E-state index contributed by atoms with van der Waals surface area (Å²) in [6.45, 7) is 2.17. The summed E-state index contributed by atoms with van der Waals surface area (Å²) in [4.78, 5) is 10.3. The number of nitrogen functional groups attached to an aromatic ring is 1. The second kappa shape index (κ2) is 7.94. The van der Waals surface area contributed by atoms with E-state index in [9.17, 15) is 10.1 Å². The first kappa shape index (κ1) is 14.8. The number of nitro benzene ring substituents is 1. The number of hydrogen-bond donors (Lipinski definition) is 2. The largest absolute Gasteiger partial charge is 0.324 e. The third-order valence-electron chi connectivity index (χ3n) is 2.60. The standard InChI is InChI=1S/C12H19N3O2S/c1-2-3-4-7-18-9-10-8-11(15(16)17)5-6-12(10)14-13/h5-6,8,14H,2-4,7,9,13H2,1H3. The highest BCUT2D eigenvalue weighted by Crippen LogP contribution is 2.25. The lowest BCUT2D eigenvalue weighted by Crippen LogP contribution is -2.09. The molecule has 0 radical (unpaired) electrons. The number of hydrogen-bond acceptors (Lipinski definition) is 5. The van der Waals surface area contributed by atoms with E-state index in [4.69, 9.17) is 5.84 Å². The Morgan fingerprint density at radius 3 is 2.83 bits per heavy atom. The molecule has 0 aromatic heterocycles.